The molecule has 24 heavy (non-hydrogen) atoms. The van der Waals surface area contributed by atoms with Crippen molar-refractivity contribution in [3.05, 3.63) is 22.7 Å². The van der Waals surface area contributed by atoms with Crippen molar-refractivity contribution in [2.75, 3.05) is 0 Å². The summed E-state index contributed by atoms with van der Waals surface area (Å²) in [6, 6.07) is 0. The molecule has 6 heteroatoms. The minimum absolute atomic E-state index is 0.0153. The normalized spacial score (nSPS) is 11.7. The Kier molecular flexibility index (Phi) is 20.9. The molecule has 0 aromatic carbocycles. The van der Waals surface area contributed by atoms with Crippen molar-refractivity contribution in [1.29, 1.82) is 0 Å². The molecule has 139 valence electrons. The van der Waals surface area contributed by atoms with Crippen LogP contribution >= 0.6 is 0 Å². The summed E-state index contributed by atoms with van der Waals surface area (Å²) in [5.41, 5.74) is 1.15. The van der Waals surface area contributed by atoms with Crippen LogP contribution in [-0.4, -0.2) is 21.8 Å². The van der Waals surface area contributed by atoms with E-state index in [4.69, 9.17) is 13.9 Å². The zero-order chi connectivity index (χ0) is 19.7. The first-order valence-electron chi connectivity index (χ1n) is 8.16. The number of hydrogen-bond donors (Lipinski definition) is 2. The van der Waals surface area contributed by atoms with Gasteiger partial charge in [0.25, 0.3) is 0 Å². The second-order valence-electron chi connectivity index (χ2n) is 5.45. The van der Waals surface area contributed by atoms with Gasteiger partial charge in [-0.3, -0.25) is 9.59 Å². The van der Waals surface area contributed by atoms with Crippen LogP contribution in [0.2, 0.25) is 0 Å². The van der Waals surface area contributed by atoms with E-state index < -0.39 is 0 Å². The van der Waals surface area contributed by atoms with Crippen LogP contribution in [0.1, 0.15) is 80.1 Å². The molecule has 0 radical (unpaired) electrons. The molecule has 0 aliphatic heterocycles. The van der Waals surface area contributed by atoms with E-state index in [1.807, 2.05) is 0 Å². The molecule has 0 atom stereocenters. The topological polar surface area (TPSA) is 91.7 Å². The van der Waals surface area contributed by atoms with E-state index >= 15 is 0 Å². The van der Waals surface area contributed by atoms with Crippen molar-refractivity contribution in [3.63, 3.8) is 0 Å². The Morgan fingerprint density at radius 3 is 1.08 bits per heavy atom. The number of aliphatic hydroxyl groups excluding tert-OH is 2. The molecule has 0 heterocycles. The van der Waals surface area contributed by atoms with Crippen LogP contribution in [0, 0.1) is 0 Å². The molecule has 0 aliphatic carbocycles. The molecule has 0 aliphatic rings. The van der Waals surface area contributed by atoms with E-state index in [-0.39, 0.29) is 23.1 Å². The summed E-state index contributed by atoms with van der Waals surface area (Å²) in [6.45, 7) is 10.2. The fraction of sp³-hybridized carbons (Fsp3) is 0.667. The van der Waals surface area contributed by atoms with Crippen molar-refractivity contribution >= 4 is 11.6 Å². The molecule has 0 spiro atoms. The van der Waals surface area contributed by atoms with Crippen molar-refractivity contribution in [2.24, 2.45) is 0 Å². The van der Waals surface area contributed by atoms with E-state index in [0.717, 1.165) is 43.1 Å². The number of Topliss-reactive ketones (excluding diaryl/α,β-unsaturated/α-hetero) is 2. The van der Waals surface area contributed by atoms with E-state index in [2.05, 4.69) is 13.8 Å². The van der Waals surface area contributed by atoms with Crippen LogP contribution < -0.4 is 0 Å². The predicted octanol–water partition coefficient (Wildman–Crippen LogP) is 5.07. The first-order chi connectivity index (χ1) is 11.2. The first kappa shape index (κ1) is 27.6. The number of aliphatic hydroxyl groups is 2. The quantitative estimate of drug-likeness (QED) is 0.454. The van der Waals surface area contributed by atoms with Gasteiger partial charge in [0, 0.05) is 11.1 Å². The average molecular weight is 379 g/mol. The summed E-state index contributed by atoms with van der Waals surface area (Å²) in [6.07, 6.45) is 5.43. The third-order valence-electron chi connectivity index (χ3n) is 3.28. The number of unbranched alkanes of at least 4 members (excludes halogenated alkanes) is 2. The van der Waals surface area contributed by atoms with Crippen LogP contribution in [-0.2, 0) is 30.6 Å². The zero-order valence-electron chi connectivity index (χ0n) is 15.8. The second kappa shape index (κ2) is 18.1. The maximum atomic E-state index is 10.9. The Labute approximate surface area is 155 Å². The third-order valence-corrected chi connectivity index (χ3v) is 3.28. The molecule has 5 nitrogen and oxygen atoms in total. The van der Waals surface area contributed by atoms with Gasteiger partial charge in [-0.15, -0.1) is 0 Å². The molecule has 0 rings (SSSR count). The molecule has 0 fully saturated rings. The fourth-order valence-electron chi connectivity index (χ4n) is 1.93. The molecule has 0 saturated carbocycles. The zero-order valence-corrected chi connectivity index (χ0v) is 17.2. The van der Waals surface area contributed by atoms with E-state index in [1.165, 1.54) is 13.8 Å². The van der Waals surface area contributed by atoms with Crippen molar-refractivity contribution < 1.29 is 40.8 Å². The van der Waals surface area contributed by atoms with Gasteiger partial charge >= 0.3 is 21.0 Å². The van der Waals surface area contributed by atoms with Crippen LogP contribution in [0.5, 0.6) is 0 Å². The Morgan fingerprint density at radius 2 is 0.958 bits per heavy atom. The fourth-order valence-corrected chi connectivity index (χ4v) is 1.93. The van der Waals surface area contributed by atoms with Gasteiger partial charge in [-0.1, -0.05) is 26.7 Å². The number of carbonyl (C=O) groups is 2. The Bertz CT molecular complexity index is 391. The molecule has 0 amide bonds. The summed E-state index contributed by atoms with van der Waals surface area (Å²) in [5, 5.41) is 18.1. The summed E-state index contributed by atoms with van der Waals surface area (Å²) in [4.78, 5) is 21.7. The standard InChI is InChI=1S/2C9H16O2.O.V/c2*1-4-5-6-9(7(2)10)8(3)11;;/h2*10H,4-6H2,1-3H3;;/b2*9-7-;;. The monoisotopic (exact) mass is 379 g/mol. The van der Waals surface area contributed by atoms with Crippen LogP contribution in [0.4, 0.5) is 0 Å². The van der Waals surface area contributed by atoms with E-state index in [1.54, 1.807) is 13.8 Å². The van der Waals surface area contributed by atoms with Gasteiger partial charge in [-0.05, 0) is 53.4 Å². The Hall–Kier alpha value is -1.20. The SMILES string of the molecule is CCCC/C(C(C)=O)=C(\C)O.CCCC/C(C(C)=O)=C(\C)O.[O]=[V]. The molecule has 0 saturated heterocycles. The van der Waals surface area contributed by atoms with Gasteiger partial charge in [-0.2, -0.15) is 0 Å². The van der Waals surface area contributed by atoms with Gasteiger partial charge in [0.05, 0.1) is 11.5 Å². The Morgan fingerprint density at radius 1 is 0.708 bits per heavy atom. The molecule has 0 aromatic heterocycles. The number of rotatable bonds is 8. The summed E-state index contributed by atoms with van der Waals surface area (Å²) >= 11 is 1.06. The maximum absolute atomic E-state index is 10.9. The van der Waals surface area contributed by atoms with Gasteiger partial charge in [-0.25, -0.2) is 0 Å². The minimum atomic E-state index is -0.0153. The number of carbonyl (C=O) groups excluding carboxylic acids is 2. The van der Waals surface area contributed by atoms with Gasteiger partial charge in [0.2, 0.25) is 0 Å². The number of hydrogen-bond acceptors (Lipinski definition) is 5. The average Bonchev–Trinajstić information content (AvgIpc) is 2.49. The number of allylic oxidation sites excluding steroid dienone is 4. The van der Waals surface area contributed by atoms with Gasteiger partial charge in [0.1, 0.15) is 0 Å². The molecule has 0 aromatic rings. The first-order valence-corrected chi connectivity index (χ1v) is 8.73. The van der Waals surface area contributed by atoms with E-state index in [0.29, 0.717) is 24.0 Å². The van der Waals surface area contributed by atoms with Gasteiger partial charge < -0.3 is 10.2 Å². The van der Waals surface area contributed by atoms with Crippen molar-refractivity contribution in [1.82, 2.24) is 0 Å². The van der Waals surface area contributed by atoms with Crippen LogP contribution in [0.25, 0.3) is 0 Å². The Balaban J connectivity index is -0.000000333. The van der Waals surface area contributed by atoms with Gasteiger partial charge in [0.15, 0.2) is 11.6 Å². The number of ketones is 2. The third kappa shape index (κ3) is 15.7. The van der Waals surface area contributed by atoms with Crippen molar-refractivity contribution in [2.45, 2.75) is 80.1 Å². The second-order valence-corrected chi connectivity index (χ2v) is 5.45. The van der Waals surface area contributed by atoms with Crippen LogP contribution in [0.15, 0.2) is 22.7 Å². The molecule has 0 bridgehead atoms. The summed E-state index contributed by atoms with van der Waals surface area (Å²) < 4.78 is 8.19. The van der Waals surface area contributed by atoms with Crippen molar-refractivity contribution in [3.8, 4) is 0 Å². The van der Waals surface area contributed by atoms with Crippen LogP contribution in [0.3, 0.4) is 0 Å². The molecule has 2 N–H and O–H groups in total. The predicted molar refractivity (Wildman–Crippen MR) is 91.8 cm³/mol. The summed E-state index contributed by atoms with van der Waals surface area (Å²) in [7, 11) is 0. The molecule has 0 unspecified atom stereocenters. The molecular weight excluding hydrogens is 347 g/mol. The van der Waals surface area contributed by atoms with E-state index in [9.17, 15) is 9.59 Å². The summed E-state index contributed by atoms with van der Waals surface area (Å²) in [5.74, 6) is 0.314. The molecular formula is C18H32O5V.